The number of anilines is 1. The minimum atomic E-state index is -0.112. The third-order valence-corrected chi connectivity index (χ3v) is 3.95. The normalized spacial score (nSPS) is 24.7. The molecule has 2 nitrogen and oxygen atoms in total. The first kappa shape index (κ1) is 13.3. The van der Waals surface area contributed by atoms with E-state index in [1.54, 1.807) is 6.07 Å². The van der Waals surface area contributed by atoms with E-state index >= 15 is 0 Å². The summed E-state index contributed by atoms with van der Waals surface area (Å²) in [5.41, 5.74) is 1.79. The molecule has 18 heavy (non-hydrogen) atoms. The predicted molar refractivity (Wildman–Crippen MR) is 74.6 cm³/mol. The second kappa shape index (κ2) is 5.27. The van der Waals surface area contributed by atoms with Crippen molar-refractivity contribution in [2.45, 2.75) is 39.8 Å². The van der Waals surface area contributed by atoms with Crippen molar-refractivity contribution in [3.05, 3.63) is 29.6 Å². The Hall–Kier alpha value is -1.09. The lowest BCUT2D eigenvalue weighted by molar-refractivity contribution is 0.336. The van der Waals surface area contributed by atoms with Crippen LogP contribution < -0.4 is 10.2 Å². The minimum absolute atomic E-state index is 0.112. The Morgan fingerprint density at radius 2 is 2.11 bits per heavy atom. The average molecular weight is 250 g/mol. The lowest BCUT2D eigenvalue weighted by Gasteiger charge is -2.42. The molecule has 0 amide bonds. The second-order valence-corrected chi connectivity index (χ2v) is 5.64. The number of nitrogens with zero attached hydrogens (tertiary/aromatic N) is 1. The molecule has 1 N–H and O–H groups in total. The van der Waals surface area contributed by atoms with E-state index < -0.39 is 0 Å². The quantitative estimate of drug-likeness (QED) is 0.868. The number of hydrogen-bond acceptors (Lipinski definition) is 2. The van der Waals surface area contributed by atoms with Gasteiger partial charge < -0.3 is 10.2 Å². The first-order valence-electron chi connectivity index (χ1n) is 6.76. The van der Waals surface area contributed by atoms with Gasteiger partial charge in [0.05, 0.1) is 0 Å². The zero-order valence-corrected chi connectivity index (χ0v) is 11.7. The fourth-order valence-corrected chi connectivity index (χ4v) is 2.58. The molecule has 3 heteroatoms. The Morgan fingerprint density at radius 1 is 1.39 bits per heavy atom. The highest BCUT2D eigenvalue weighted by Gasteiger charge is 2.27. The first-order valence-corrected chi connectivity index (χ1v) is 6.76. The summed E-state index contributed by atoms with van der Waals surface area (Å²) in [6, 6.07) is 6.24. The highest BCUT2D eigenvalue weighted by molar-refractivity contribution is 5.55. The molecule has 0 radical (unpaired) electrons. The largest absolute Gasteiger partial charge is 0.366 e. The second-order valence-electron chi connectivity index (χ2n) is 5.64. The maximum Gasteiger partial charge on any atom is 0.128 e. The van der Waals surface area contributed by atoms with Crippen molar-refractivity contribution in [1.29, 1.82) is 0 Å². The van der Waals surface area contributed by atoms with Gasteiger partial charge in [0.2, 0.25) is 0 Å². The van der Waals surface area contributed by atoms with Crippen LogP contribution in [0, 0.1) is 18.7 Å². The van der Waals surface area contributed by atoms with E-state index in [9.17, 15) is 4.39 Å². The number of nitrogens with one attached hydrogen (secondary N) is 1. The van der Waals surface area contributed by atoms with E-state index in [0.717, 1.165) is 24.3 Å². The van der Waals surface area contributed by atoms with E-state index in [2.05, 4.69) is 31.0 Å². The first-order chi connectivity index (χ1) is 8.50. The fraction of sp³-hybridized carbons (Fsp3) is 0.600. The summed E-state index contributed by atoms with van der Waals surface area (Å²) >= 11 is 0. The molecule has 1 heterocycles. The van der Waals surface area contributed by atoms with Crippen molar-refractivity contribution in [3.8, 4) is 0 Å². The maximum absolute atomic E-state index is 13.7. The van der Waals surface area contributed by atoms with Gasteiger partial charge >= 0.3 is 0 Å². The Labute approximate surface area is 109 Å². The summed E-state index contributed by atoms with van der Waals surface area (Å²) in [5, 5.41) is 3.57. The van der Waals surface area contributed by atoms with Crippen LogP contribution in [0.25, 0.3) is 0 Å². The lowest BCUT2D eigenvalue weighted by atomic mass is 9.98. The highest BCUT2D eigenvalue weighted by atomic mass is 19.1. The van der Waals surface area contributed by atoms with Crippen LogP contribution in [0.4, 0.5) is 10.1 Å². The molecule has 1 aromatic rings. The van der Waals surface area contributed by atoms with Gasteiger partial charge in [-0.2, -0.15) is 0 Å². The third kappa shape index (κ3) is 2.51. The number of piperazine rings is 1. The van der Waals surface area contributed by atoms with Gasteiger partial charge in [-0.3, -0.25) is 0 Å². The van der Waals surface area contributed by atoms with Gasteiger partial charge in [0.25, 0.3) is 0 Å². The van der Waals surface area contributed by atoms with Crippen LogP contribution >= 0.6 is 0 Å². The van der Waals surface area contributed by atoms with Crippen LogP contribution in [0.1, 0.15) is 26.3 Å². The Kier molecular flexibility index (Phi) is 3.91. The lowest BCUT2D eigenvalue weighted by Crippen LogP contribution is -2.57. The monoisotopic (exact) mass is 250 g/mol. The van der Waals surface area contributed by atoms with Crippen molar-refractivity contribution >= 4 is 5.69 Å². The fourth-order valence-electron chi connectivity index (χ4n) is 2.58. The highest BCUT2D eigenvalue weighted by Crippen LogP contribution is 2.26. The minimum Gasteiger partial charge on any atom is -0.366 e. The van der Waals surface area contributed by atoms with E-state index in [4.69, 9.17) is 0 Å². The molecule has 2 rings (SSSR count). The molecule has 0 spiro atoms. The third-order valence-electron chi connectivity index (χ3n) is 3.95. The number of halogens is 1. The van der Waals surface area contributed by atoms with Crippen molar-refractivity contribution < 1.29 is 4.39 Å². The van der Waals surface area contributed by atoms with Gasteiger partial charge in [-0.05, 0) is 31.9 Å². The summed E-state index contributed by atoms with van der Waals surface area (Å²) in [5.74, 6) is 0.480. The van der Waals surface area contributed by atoms with Crippen LogP contribution in [0.15, 0.2) is 18.2 Å². The topological polar surface area (TPSA) is 15.3 Å². The molecule has 0 saturated carbocycles. The molecule has 2 atom stereocenters. The molecule has 100 valence electrons. The standard InChI is InChI=1S/C15H23FN2/c1-10(2)14-9-18(11(3)8-17-14)15-7-5-6-13(16)12(15)4/h5-7,10-11,14,17H,8-9H2,1-4H3. The number of hydrogen-bond donors (Lipinski definition) is 1. The van der Waals surface area contributed by atoms with Gasteiger partial charge in [-0.25, -0.2) is 4.39 Å². The van der Waals surface area contributed by atoms with E-state index in [0.29, 0.717) is 18.0 Å². The van der Waals surface area contributed by atoms with E-state index in [1.165, 1.54) is 6.07 Å². The number of rotatable bonds is 2. The summed E-state index contributed by atoms with van der Waals surface area (Å²) in [6.07, 6.45) is 0. The molecule has 1 fully saturated rings. The molecule has 1 saturated heterocycles. The Morgan fingerprint density at radius 3 is 2.78 bits per heavy atom. The van der Waals surface area contributed by atoms with Crippen molar-refractivity contribution in [3.63, 3.8) is 0 Å². The smallest absolute Gasteiger partial charge is 0.128 e. The summed E-state index contributed by atoms with van der Waals surface area (Å²) in [4.78, 5) is 2.33. The van der Waals surface area contributed by atoms with Crippen molar-refractivity contribution in [2.75, 3.05) is 18.0 Å². The molecule has 0 aromatic heterocycles. The van der Waals surface area contributed by atoms with Gasteiger partial charge in [-0.1, -0.05) is 19.9 Å². The van der Waals surface area contributed by atoms with Crippen LogP contribution in [0.3, 0.4) is 0 Å². The Balaban J connectivity index is 2.27. The van der Waals surface area contributed by atoms with Gasteiger partial charge in [0, 0.05) is 36.4 Å². The molecule has 1 aliphatic rings. The SMILES string of the molecule is Cc1c(F)cccc1N1CC(C(C)C)NCC1C. The van der Waals surface area contributed by atoms with Crippen LogP contribution in [-0.4, -0.2) is 25.2 Å². The van der Waals surface area contributed by atoms with E-state index in [1.807, 2.05) is 13.0 Å². The zero-order valence-electron chi connectivity index (χ0n) is 11.7. The van der Waals surface area contributed by atoms with E-state index in [-0.39, 0.29) is 5.82 Å². The molecule has 1 aromatic carbocycles. The van der Waals surface area contributed by atoms with Crippen molar-refractivity contribution in [1.82, 2.24) is 5.32 Å². The van der Waals surface area contributed by atoms with Crippen LogP contribution in [0.2, 0.25) is 0 Å². The molecule has 0 bridgehead atoms. The molecule has 0 aliphatic carbocycles. The molecular formula is C15H23FN2. The Bertz CT molecular complexity index is 417. The van der Waals surface area contributed by atoms with Crippen LogP contribution in [0.5, 0.6) is 0 Å². The zero-order chi connectivity index (χ0) is 13.3. The number of benzene rings is 1. The summed E-state index contributed by atoms with van der Waals surface area (Å²) in [7, 11) is 0. The maximum atomic E-state index is 13.7. The van der Waals surface area contributed by atoms with Gasteiger partial charge in [-0.15, -0.1) is 0 Å². The predicted octanol–water partition coefficient (Wildman–Crippen LogP) is 2.96. The molecule has 2 unspecified atom stereocenters. The molecular weight excluding hydrogens is 227 g/mol. The van der Waals surface area contributed by atoms with Gasteiger partial charge in [0.1, 0.15) is 5.82 Å². The van der Waals surface area contributed by atoms with Crippen LogP contribution in [-0.2, 0) is 0 Å². The molecule has 1 aliphatic heterocycles. The summed E-state index contributed by atoms with van der Waals surface area (Å²) in [6.45, 7) is 10.4. The van der Waals surface area contributed by atoms with Gasteiger partial charge in [0.15, 0.2) is 0 Å². The summed E-state index contributed by atoms with van der Waals surface area (Å²) < 4.78 is 13.7. The average Bonchev–Trinajstić information content (AvgIpc) is 2.33. The van der Waals surface area contributed by atoms with Crippen molar-refractivity contribution in [2.24, 2.45) is 5.92 Å².